The van der Waals surface area contributed by atoms with E-state index >= 15 is 0 Å². The van der Waals surface area contributed by atoms with Gasteiger partial charge in [0, 0.05) is 12.5 Å². The van der Waals surface area contributed by atoms with Crippen molar-refractivity contribution < 1.29 is 18.7 Å². The van der Waals surface area contributed by atoms with Gasteiger partial charge < -0.3 is 24.5 Å². The van der Waals surface area contributed by atoms with E-state index in [-0.39, 0.29) is 24.3 Å². The fraction of sp³-hybridized carbons (Fsp3) is 0.688. The first kappa shape index (κ1) is 15.4. The van der Waals surface area contributed by atoms with Crippen LogP contribution in [0.4, 0.5) is 4.79 Å². The molecule has 2 N–H and O–H groups in total. The van der Waals surface area contributed by atoms with E-state index in [1.165, 1.54) is 0 Å². The Balaban J connectivity index is 1.57. The third-order valence-corrected chi connectivity index (χ3v) is 4.16. The highest BCUT2D eigenvalue weighted by atomic mass is 16.6. The summed E-state index contributed by atoms with van der Waals surface area (Å²) in [6, 6.07) is 3.92. The van der Waals surface area contributed by atoms with E-state index in [9.17, 15) is 4.79 Å². The van der Waals surface area contributed by atoms with E-state index in [1.54, 1.807) is 6.26 Å². The summed E-state index contributed by atoms with van der Waals surface area (Å²) in [5.74, 6) is 1.24. The molecule has 0 bridgehead atoms. The van der Waals surface area contributed by atoms with Crippen LogP contribution in [0.2, 0.25) is 0 Å². The molecular weight excluding hydrogens is 284 g/mol. The van der Waals surface area contributed by atoms with Crippen molar-refractivity contribution in [1.29, 1.82) is 0 Å². The quantitative estimate of drug-likeness (QED) is 0.890. The molecule has 0 radical (unpaired) electrons. The molecule has 0 aromatic carbocycles. The normalized spacial score (nSPS) is 30.5. The van der Waals surface area contributed by atoms with Gasteiger partial charge in [-0.15, -0.1) is 0 Å². The lowest BCUT2D eigenvalue weighted by Gasteiger charge is -2.48. The molecule has 4 atom stereocenters. The first-order valence-corrected chi connectivity index (χ1v) is 7.81. The third-order valence-electron chi connectivity index (χ3n) is 4.16. The molecule has 1 aromatic rings. The highest BCUT2D eigenvalue weighted by Gasteiger charge is 2.54. The van der Waals surface area contributed by atoms with Gasteiger partial charge in [0.1, 0.15) is 11.4 Å². The number of nitrogens with one attached hydrogen (secondary N) is 2. The Labute approximate surface area is 130 Å². The van der Waals surface area contributed by atoms with Crippen LogP contribution in [0.3, 0.4) is 0 Å². The summed E-state index contributed by atoms with van der Waals surface area (Å²) in [6.45, 7) is 6.96. The number of carbonyl (C=O) groups excluding carboxylic acids is 1. The molecule has 22 heavy (non-hydrogen) atoms. The van der Waals surface area contributed by atoms with Crippen molar-refractivity contribution in [2.45, 2.75) is 57.5 Å². The molecule has 6 heteroatoms. The Morgan fingerprint density at radius 1 is 1.41 bits per heavy atom. The fourth-order valence-electron chi connectivity index (χ4n) is 3.22. The number of carbonyl (C=O) groups is 1. The second-order valence-corrected chi connectivity index (χ2v) is 6.95. The first-order valence-electron chi connectivity index (χ1n) is 7.81. The maximum absolute atomic E-state index is 12.0. The Hall–Kier alpha value is -1.53. The molecular formula is C16H24N2O4. The smallest absolute Gasteiger partial charge is 0.407 e. The second kappa shape index (κ2) is 5.93. The van der Waals surface area contributed by atoms with Crippen molar-refractivity contribution in [3.05, 3.63) is 24.2 Å². The number of ether oxygens (including phenoxy) is 2. The number of fused-ring (bicyclic) bond motifs is 1. The summed E-state index contributed by atoms with van der Waals surface area (Å²) in [7, 11) is 0. The van der Waals surface area contributed by atoms with Gasteiger partial charge >= 0.3 is 6.09 Å². The van der Waals surface area contributed by atoms with Crippen LogP contribution in [0.5, 0.6) is 0 Å². The number of amides is 1. The van der Waals surface area contributed by atoms with Gasteiger partial charge in [-0.1, -0.05) is 0 Å². The molecule has 4 unspecified atom stereocenters. The zero-order valence-corrected chi connectivity index (χ0v) is 13.3. The monoisotopic (exact) mass is 308 g/mol. The summed E-state index contributed by atoms with van der Waals surface area (Å²) < 4.78 is 16.4. The van der Waals surface area contributed by atoms with Gasteiger partial charge in [0.05, 0.1) is 31.0 Å². The minimum Gasteiger partial charge on any atom is -0.468 e. The second-order valence-electron chi connectivity index (χ2n) is 6.95. The molecule has 2 fully saturated rings. The van der Waals surface area contributed by atoms with Gasteiger partial charge in [-0.3, -0.25) is 0 Å². The maximum atomic E-state index is 12.0. The minimum absolute atomic E-state index is 0.0392. The minimum atomic E-state index is -0.490. The SMILES string of the molecule is CC(C)(C)OC(=O)NC1C2CCOC2C1NCc1ccco1. The predicted octanol–water partition coefficient (Wildman–Crippen LogP) is 2.05. The molecule has 1 amide bonds. The highest BCUT2D eigenvalue weighted by Crippen LogP contribution is 2.39. The molecule has 2 aliphatic rings. The molecule has 122 valence electrons. The van der Waals surface area contributed by atoms with Crippen molar-refractivity contribution >= 4 is 6.09 Å². The Morgan fingerprint density at radius 2 is 2.23 bits per heavy atom. The molecule has 1 aliphatic carbocycles. The number of furan rings is 1. The summed E-state index contributed by atoms with van der Waals surface area (Å²) in [4.78, 5) is 12.0. The van der Waals surface area contributed by atoms with Gasteiger partial charge in [0.15, 0.2) is 0 Å². The first-order chi connectivity index (χ1) is 10.4. The average Bonchev–Trinajstić information content (AvgIpc) is 3.04. The summed E-state index contributed by atoms with van der Waals surface area (Å²) >= 11 is 0. The van der Waals surface area contributed by atoms with Crippen LogP contribution in [0, 0.1) is 5.92 Å². The summed E-state index contributed by atoms with van der Waals surface area (Å²) in [5.41, 5.74) is -0.490. The van der Waals surface area contributed by atoms with Crippen LogP contribution >= 0.6 is 0 Å². The Morgan fingerprint density at radius 3 is 2.91 bits per heavy atom. The Kier molecular flexibility index (Phi) is 4.14. The van der Waals surface area contributed by atoms with E-state index < -0.39 is 5.60 Å². The number of hydrogen-bond acceptors (Lipinski definition) is 5. The van der Waals surface area contributed by atoms with E-state index in [2.05, 4.69) is 10.6 Å². The van der Waals surface area contributed by atoms with Crippen LogP contribution in [-0.2, 0) is 16.0 Å². The number of hydrogen-bond donors (Lipinski definition) is 2. The van der Waals surface area contributed by atoms with E-state index in [0.717, 1.165) is 18.8 Å². The summed E-state index contributed by atoms with van der Waals surface area (Å²) in [6.07, 6.45) is 2.43. The maximum Gasteiger partial charge on any atom is 0.407 e. The molecule has 1 saturated carbocycles. The predicted molar refractivity (Wildman–Crippen MR) is 80.3 cm³/mol. The van der Waals surface area contributed by atoms with E-state index in [0.29, 0.717) is 12.5 Å². The molecule has 1 saturated heterocycles. The van der Waals surface area contributed by atoms with Crippen molar-refractivity contribution in [2.75, 3.05) is 6.61 Å². The fourth-order valence-corrected chi connectivity index (χ4v) is 3.22. The lowest BCUT2D eigenvalue weighted by Crippen LogP contribution is -2.70. The van der Waals surface area contributed by atoms with Gasteiger partial charge in [0.2, 0.25) is 0 Å². The topological polar surface area (TPSA) is 72.7 Å². The zero-order chi connectivity index (χ0) is 15.7. The summed E-state index contributed by atoms with van der Waals surface area (Å²) in [5, 5.41) is 6.41. The van der Waals surface area contributed by atoms with Crippen LogP contribution in [0.25, 0.3) is 0 Å². The number of alkyl carbamates (subject to hydrolysis) is 1. The third kappa shape index (κ3) is 3.28. The van der Waals surface area contributed by atoms with Crippen LogP contribution < -0.4 is 10.6 Å². The average molecular weight is 308 g/mol. The molecule has 2 heterocycles. The van der Waals surface area contributed by atoms with E-state index in [4.69, 9.17) is 13.9 Å². The lowest BCUT2D eigenvalue weighted by atomic mass is 9.71. The Bertz CT molecular complexity index is 509. The molecule has 1 aromatic heterocycles. The van der Waals surface area contributed by atoms with Crippen LogP contribution in [0.1, 0.15) is 33.0 Å². The van der Waals surface area contributed by atoms with Crippen molar-refractivity contribution in [1.82, 2.24) is 10.6 Å². The van der Waals surface area contributed by atoms with Crippen molar-refractivity contribution in [3.8, 4) is 0 Å². The molecule has 6 nitrogen and oxygen atoms in total. The van der Waals surface area contributed by atoms with Crippen molar-refractivity contribution in [3.63, 3.8) is 0 Å². The standard InChI is InChI=1S/C16H24N2O4/c1-16(2,3)22-15(19)18-12-11-6-8-21-14(11)13(12)17-9-10-5-4-7-20-10/h4-5,7,11-14,17H,6,8-9H2,1-3H3,(H,18,19). The zero-order valence-electron chi connectivity index (χ0n) is 13.3. The molecule has 3 rings (SSSR count). The van der Waals surface area contributed by atoms with Gasteiger partial charge in [-0.2, -0.15) is 0 Å². The van der Waals surface area contributed by atoms with Gasteiger partial charge in [-0.25, -0.2) is 4.79 Å². The van der Waals surface area contributed by atoms with Crippen molar-refractivity contribution in [2.24, 2.45) is 5.92 Å². The number of rotatable bonds is 4. The highest BCUT2D eigenvalue weighted by molar-refractivity contribution is 5.68. The van der Waals surface area contributed by atoms with E-state index in [1.807, 2.05) is 32.9 Å². The molecule has 0 spiro atoms. The molecule has 1 aliphatic heterocycles. The lowest BCUT2D eigenvalue weighted by molar-refractivity contribution is -0.0348. The van der Waals surface area contributed by atoms with Gasteiger partial charge in [0.25, 0.3) is 0 Å². The van der Waals surface area contributed by atoms with Crippen LogP contribution in [0.15, 0.2) is 22.8 Å². The van der Waals surface area contributed by atoms with Gasteiger partial charge in [-0.05, 0) is 39.3 Å². The van der Waals surface area contributed by atoms with Crippen LogP contribution in [-0.4, -0.2) is 36.5 Å². The largest absolute Gasteiger partial charge is 0.468 e.